The number of carbonyl (C=O) groups is 1. The topological polar surface area (TPSA) is 75.2 Å². The van der Waals surface area contributed by atoms with E-state index in [0.717, 1.165) is 15.0 Å². The zero-order valence-corrected chi connectivity index (χ0v) is 15.8. The molecule has 148 valence electrons. The maximum Gasteiger partial charge on any atom is 0.389 e. The molecule has 1 amide bonds. The van der Waals surface area contributed by atoms with E-state index in [1.54, 1.807) is 0 Å². The van der Waals surface area contributed by atoms with Gasteiger partial charge in [-0.1, -0.05) is 13.8 Å². The van der Waals surface area contributed by atoms with Crippen molar-refractivity contribution < 1.29 is 18.0 Å². The van der Waals surface area contributed by atoms with Gasteiger partial charge in [-0.05, 0) is 18.4 Å². The number of amides is 1. The van der Waals surface area contributed by atoms with Crippen LogP contribution in [0.15, 0.2) is 9.59 Å². The third-order valence-corrected chi connectivity index (χ3v) is 5.83. The minimum atomic E-state index is -4.39. The summed E-state index contributed by atoms with van der Waals surface area (Å²) in [5.41, 5.74) is -0.0355. The van der Waals surface area contributed by atoms with Gasteiger partial charge in [-0.2, -0.15) is 13.2 Å². The van der Waals surface area contributed by atoms with Crippen LogP contribution in [0.4, 0.5) is 13.2 Å². The average Bonchev–Trinajstić information content (AvgIpc) is 2.93. The van der Waals surface area contributed by atoms with Gasteiger partial charge in [0.15, 0.2) is 0 Å². The molecule has 6 nitrogen and oxygen atoms in total. The number of fused-ring (bicyclic) bond motifs is 3. The first kappa shape index (κ1) is 19.7. The summed E-state index contributed by atoms with van der Waals surface area (Å²) in [4.78, 5) is 42.5. The maximum absolute atomic E-state index is 12.7. The Kier molecular flexibility index (Phi) is 5.20. The van der Waals surface area contributed by atoms with E-state index in [4.69, 9.17) is 0 Å². The van der Waals surface area contributed by atoms with Crippen LogP contribution in [0.1, 0.15) is 37.1 Å². The lowest BCUT2D eigenvalue weighted by molar-refractivity contribution is -0.158. The van der Waals surface area contributed by atoms with Gasteiger partial charge in [0.05, 0.1) is 18.4 Å². The highest BCUT2D eigenvalue weighted by molar-refractivity contribution is 7.18. The van der Waals surface area contributed by atoms with Crippen LogP contribution in [0.2, 0.25) is 0 Å². The highest BCUT2D eigenvalue weighted by Crippen LogP contribution is 2.33. The molecule has 27 heavy (non-hydrogen) atoms. The van der Waals surface area contributed by atoms with E-state index in [1.165, 1.54) is 23.2 Å². The van der Waals surface area contributed by atoms with Crippen molar-refractivity contribution in [3.63, 3.8) is 0 Å². The van der Waals surface area contributed by atoms with Crippen LogP contribution >= 0.6 is 11.3 Å². The molecule has 10 heteroatoms. The Labute approximate surface area is 156 Å². The molecule has 2 aromatic heterocycles. The fourth-order valence-corrected chi connectivity index (χ4v) is 4.72. The number of hydrogen-bond acceptors (Lipinski definition) is 4. The fraction of sp³-hybridized carbons (Fsp3) is 0.588. The number of rotatable bonds is 4. The van der Waals surface area contributed by atoms with E-state index in [9.17, 15) is 27.6 Å². The Bertz CT molecular complexity index is 989. The number of hydrogen-bond donors (Lipinski definition) is 1. The standard InChI is InChI=1S/C17H20F3N3O3S/c1-3-5-23-15(25)12-10-4-6-22(14(24)9(2)7-17(18,19)20)8-11(10)27-13(12)21-16(23)26/h9H,3-8H2,1-2H3,(H,21,26)/t9-/m1/s1. The smallest absolute Gasteiger partial charge is 0.337 e. The summed E-state index contributed by atoms with van der Waals surface area (Å²) in [6.45, 7) is 3.87. The number of H-pyrrole nitrogens is 1. The van der Waals surface area contributed by atoms with Gasteiger partial charge in [-0.3, -0.25) is 19.1 Å². The minimum absolute atomic E-state index is 0.158. The summed E-state index contributed by atoms with van der Waals surface area (Å²) in [7, 11) is 0. The number of halogens is 3. The second kappa shape index (κ2) is 7.14. The summed E-state index contributed by atoms with van der Waals surface area (Å²) >= 11 is 1.22. The predicted molar refractivity (Wildman–Crippen MR) is 96.0 cm³/mol. The molecule has 0 saturated carbocycles. The van der Waals surface area contributed by atoms with Gasteiger partial charge < -0.3 is 4.90 Å². The van der Waals surface area contributed by atoms with Crippen molar-refractivity contribution >= 4 is 27.5 Å². The Hall–Kier alpha value is -2.10. The second-order valence-corrected chi connectivity index (χ2v) is 7.93. The molecule has 2 aromatic rings. The van der Waals surface area contributed by atoms with Crippen molar-refractivity contribution in [1.82, 2.24) is 14.5 Å². The lowest BCUT2D eigenvalue weighted by Gasteiger charge is -2.29. The van der Waals surface area contributed by atoms with Crippen LogP contribution in [0.25, 0.3) is 10.2 Å². The van der Waals surface area contributed by atoms with E-state index in [1.807, 2.05) is 6.92 Å². The Balaban J connectivity index is 1.92. The lowest BCUT2D eigenvalue weighted by atomic mass is 10.0. The van der Waals surface area contributed by atoms with Crippen molar-refractivity contribution in [2.45, 2.75) is 52.4 Å². The second-order valence-electron chi connectivity index (χ2n) is 6.83. The molecule has 0 saturated heterocycles. The molecule has 1 aliphatic rings. The third kappa shape index (κ3) is 3.80. The van der Waals surface area contributed by atoms with E-state index < -0.39 is 30.1 Å². The number of nitrogens with one attached hydrogen (secondary N) is 1. The van der Waals surface area contributed by atoms with E-state index in [-0.39, 0.29) is 18.6 Å². The van der Waals surface area contributed by atoms with Gasteiger partial charge in [-0.15, -0.1) is 11.3 Å². The molecule has 0 radical (unpaired) electrons. The molecule has 3 heterocycles. The summed E-state index contributed by atoms with van der Waals surface area (Å²) in [5.74, 6) is -1.70. The van der Waals surface area contributed by atoms with Crippen LogP contribution < -0.4 is 11.2 Å². The summed E-state index contributed by atoms with van der Waals surface area (Å²) in [6, 6.07) is 0. The molecular formula is C17H20F3N3O3S. The van der Waals surface area contributed by atoms with Crippen molar-refractivity contribution in [2.24, 2.45) is 5.92 Å². The molecule has 0 aliphatic carbocycles. The van der Waals surface area contributed by atoms with Crippen molar-refractivity contribution in [3.05, 3.63) is 31.3 Å². The summed E-state index contributed by atoms with van der Waals surface area (Å²) in [5, 5.41) is 0.457. The number of carbonyl (C=O) groups excluding carboxylic acids is 1. The molecule has 0 aromatic carbocycles. The number of thiophene rings is 1. The zero-order valence-electron chi connectivity index (χ0n) is 15.0. The average molecular weight is 403 g/mol. The van der Waals surface area contributed by atoms with Crippen molar-refractivity contribution in [3.8, 4) is 0 Å². The molecule has 3 rings (SSSR count). The van der Waals surface area contributed by atoms with Gasteiger partial charge in [0.1, 0.15) is 4.83 Å². The fourth-order valence-electron chi connectivity index (χ4n) is 3.47. The molecule has 0 bridgehead atoms. The maximum atomic E-state index is 12.7. The van der Waals surface area contributed by atoms with Crippen LogP contribution in [0.3, 0.4) is 0 Å². The SMILES string of the molecule is CCCn1c(=O)[nH]c2sc3c(c2c1=O)CCN(C(=O)[C@H](C)CC(F)(F)F)C3. The highest BCUT2D eigenvalue weighted by atomic mass is 32.1. The summed E-state index contributed by atoms with van der Waals surface area (Å²) < 4.78 is 38.8. The largest absolute Gasteiger partial charge is 0.389 e. The minimum Gasteiger partial charge on any atom is -0.337 e. The van der Waals surface area contributed by atoms with Gasteiger partial charge >= 0.3 is 11.9 Å². The molecule has 1 N–H and O–H groups in total. The monoisotopic (exact) mass is 403 g/mol. The Morgan fingerprint density at radius 3 is 2.67 bits per heavy atom. The Morgan fingerprint density at radius 2 is 2.04 bits per heavy atom. The third-order valence-electron chi connectivity index (χ3n) is 4.70. The first-order valence-corrected chi connectivity index (χ1v) is 9.57. The van der Waals surface area contributed by atoms with Crippen LogP contribution in [-0.2, 0) is 24.3 Å². The number of aromatic amines is 1. The van der Waals surface area contributed by atoms with Gasteiger partial charge in [0, 0.05) is 23.9 Å². The molecular weight excluding hydrogens is 383 g/mol. The zero-order chi connectivity index (χ0) is 19.9. The van der Waals surface area contributed by atoms with E-state index in [0.29, 0.717) is 29.6 Å². The summed E-state index contributed by atoms with van der Waals surface area (Å²) in [6.07, 6.45) is -4.53. The van der Waals surface area contributed by atoms with Crippen molar-refractivity contribution in [2.75, 3.05) is 6.54 Å². The lowest BCUT2D eigenvalue weighted by Crippen LogP contribution is -2.40. The quantitative estimate of drug-likeness (QED) is 0.853. The molecule has 0 spiro atoms. The van der Waals surface area contributed by atoms with E-state index >= 15 is 0 Å². The molecule has 1 atom stereocenters. The number of nitrogens with zero attached hydrogens (tertiary/aromatic N) is 2. The van der Waals surface area contributed by atoms with Crippen molar-refractivity contribution in [1.29, 1.82) is 0 Å². The highest BCUT2D eigenvalue weighted by Gasteiger charge is 2.36. The van der Waals surface area contributed by atoms with Crippen LogP contribution in [0.5, 0.6) is 0 Å². The van der Waals surface area contributed by atoms with Crippen LogP contribution in [0, 0.1) is 5.92 Å². The van der Waals surface area contributed by atoms with Crippen LogP contribution in [-0.4, -0.2) is 33.1 Å². The first-order valence-electron chi connectivity index (χ1n) is 8.75. The number of alkyl halides is 3. The molecule has 1 aliphatic heterocycles. The number of aromatic nitrogens is 2. The normalized spacial score (nSPS) is 15.8. The Morgan fingerprint density at radius 1 is 1.33 bits per heavy atom. The van der Waals surface area contributed by atoms with Gasteiger partial charge in [0.25, 0.3) is 5.56 Å². The van der Waals surface area contributed by atoms with Gasteiger partial charge in [-0.25, -0.2) is 4.79 Å². The van der Waals surface area contributed by atoms with E-state index in [2.05, 4.69) is 4.98 Å². The predicted octanol–water partition coefficient (Wildman–Crippen LogP) is 2.63. The van der Waals surface area contributed by atoms with Gasteiger partial charge in [0.2, 0.25) is 5.91 Å². The molecule has 0 fully saturated rings. The first-order chi connectivity index (χ1) is 12.6. The molecule has 0 unspecified atom stereocenters.